The first-order valence-electron chi connectivity index (χ1n) is 29.0. The minimum atomic E-state index is -0.428. The highest BCUT2D eigenvalue weighted by Gasteiger charge is 2.52. The molecule has 8 N–H and O–H groups in total. The van der Waals surface area contributed by atoms with Crippen LogP contribution in [0, 0.1) is 25.1 Å². The van der Waals surface area contributed by atoms with Crippen LogP contribution in [0.1, 0.15) is 109 Å². The van der Waals surface area contributed by atoms with Crippen LogP contribution in [0.3, 0.4) is 0 Å². The Bertz CT molecular complexity index is 3440. The standard InChI is InChI=1S/C44H48ClFN10O5.C12H12N2OS.C3H8.C2H6.CH4O.CH4/c1-22-4-3-9-55(22)34(57)17-54(48)16-30(47)25-7-5-24(6-8-25)18-59-41-36(35-23(2)29(46)11-31-28(35)15-50-53-31)38(45)40-37-39(41)51-43(61-27-12-44(13-27)20-58-21-44)52-42(37)56-26-10-32(49-14-26)33(56)19-60-40;1-9-12(16-8-14-9)11-4-2-10(3-5-11)6-13-7-15;1-3-2;2*1-2;/h5-8,11,15-16,22,26-27,32-33,49H,3-4,9-10,12-14,17-21,47-48H2,1-2H3,(H,50,53);2-5,7-8H,6H2,1H3,(H,13,15);3H2,1-2H3;1-2H3;2H,1H3;1H4/b30-16-;;;;;. The van der Waals surface area contributed by atoms with Gasteiger partial charge in [0.2, 0.25) is 12.3 Å². The monoisotopic (exact) mass is 1200 g/mol. The van der Waals surface area contributed by atoms with Crippen LogP contribution in [0.5, 0.6) is 17.5 Å². The number of likely N-dealkylation sites (tertiary alicyclic amines) is 1. The minimum Gasteiger partial charge on any atom is -0.489 e. The molecule has 4 unspecified atom stereocenters. The van der Waals surface area contributed by atoms with Gasteiger partial charge in [0.15, 0.2) is 11.5 Å². The second-order valence-electron chi connectivity index (χ2n) is 21.9. The summed E-state index contributed by atoms with van der Waals surface area (Å²) in [5.41, 5.74) is 16.1. The van der Waals surface area contributed by atoms with Gasteiger partial charge in [-0.05, 0) is 86.8 Å². The number of aliphatic hydroxyl groups is 1. The van der Waals surface area contributed by atoms with Crippen LogP contribution >= 0.6 is 22.9 Å². The maximum absolute atomic E-state index is 15.9. The number of anilines is 1. The fourth-order valence-corrected chi connectivity index (χ4v) is 13.1. The van der Waals surface area contributed by atoms with Crippen molar-refractivity contribution in [3.05, 3.63) is 111 Å². The van der Waals surface area contributed by atoms with E-state index in [1.165, 1.54) is 27.9 Å². The second-order valence-corrected chi connectivity index (χ2v) is 23.1. The first-order valence-corrected chi connectivity index (χ1v) is 30.2. The van der Waals surface area contributed by atoms with Crippen molar-refractivity contribution < 1.29 is 38.0 Å². The smallest absolute Gasteiger partial charge is 0.319 e. The van der Waals surface area contributed by atoms with Crippen LogP contribution in [0.4, 0.5) is 10.2 Å². The van der Waals surface area contributed by atoms with Crippen molar-refractivity contribution in [1.29, 1.82) is 0 Å². The van der Waals surface area contributed by atoms with Crippen LogP contribution in [0.25, 0.3) is 49.1 Å². The number of hydrazine groups is 1. The predicted octanol–water partition coefficient (Wildman–Crippen LogP) is 10.2. The van der Waals surface area contributed by atoms with Crippen LogP contribution < -0.4 is 41.3 Å². The summed E-state index contributed by atoms with van der Waals surface area (Å²) < 4.78 is 41.6. The highest BCUT2D eigenvalue weighted by atomic mass is 35.5. The van der Waals surface area contributed by atoms with Gasteiger partial charge in [0.05, 0.1) is 63.2 Å². The maximum Gasteiger partial charge on any atom is 0.319 e. The first kappa shape index (κ1) is 63.9. The number of nitrogens with two attached hydrogens (primary N) is 2. The Morgan fingerprint density at radius 1 is 1.07 bits per heavy atom. The van der Waals surface area contributed by atoms with E-state index in [0.717, 1.165) is 87.9 Å². The first-order chi connectivity index (χ1) is 40.8. The van der Waals surface area contributed by atoms with Gasteiger partial charge in [0, 0.05) is 73.0 Å². The summed E-state index contributed by atoms with van der Waals surface area (Å²) in [6, 6.07) is 18.0. The van der Waals surface area contributed by atoms with Gasteiger partial charge < -0.3 is 55.2 Å². The lowest BCUT2D eigenvalue weighted by atomic mass is 9.65. The molecule has 8 heterocycles. The fourth-order valence-electron chi connectivity index (χ4n) is 12.0. The Morgan fingerprint density at radius 2 is 1.79 bits per heavy atom. The Balaban J connectivity index is 0.000000333. The molecule has 2 bridgehead atoms. The van der Waals surface area contributed by atoms with Gasteiger partial charge in [0.1, 0.15) is 43.0 Å². The number of hydrogen-bond acceptors (Lipinski definition) is 17. The van der Waals surface area contributed by atoms with E-state index in [9.17, 15) is 9.59 Å². The van der Waals surface area contributed by atoms with Crippen LogP contribution in [0.15, 0.2) is 72.5 Å². The summed E-state index contributed by atoms with van der Waals surface area (Å²) in [6.45, 7) is 18.1. The fraction of sp³-hybridized carbons (Fsp3) is 0.460. The van der Waals surface area contributed by atoms with Crippen LogP contribution in [-0.2, 0) is 27.5 Å². The van der Waals surface area contributed by atoms with Crippen molar-refractivity contribution in [2.24, 2.45) is 17.0 Å². The van der Waals surface area contributed by atoms with E-state index in [1.807, 2.05) is 67.6 Å². The number of amides is 2. The quantitative estimate of drug-likeness (QED) is 0.0337. The van der Waals surface area contributed by atoms with Crippen molar-refractivity contribution in [2.75, 3.05) is 51.5 Å². The third kappa shape index (κ3) is 13.3. The number of hydrogen-bond donors (Lipinski definition) is 6. The lowest BCUT2D eigenvalue weighted by Crippen LogP contribution is -2.56. The van der Waals surface area contributed by atoms with Gasteiger partial charge in [-0.2, -0.15) is 15.1 Å². The predicted molar refractivity (Wildman–Crippen MR) is 335 cm³/mol. The lowest BCUT2D eigenvalue weighted by Gasteiger charge is -2.52. The number of aryl methyl sites for hydroxylation is 1. The number of aromatic amines is 1. The van der Waals surface area contributed by atoms with Gasteiger partial charge in [-0.3, -0.25) is 14.7 Å². The third-order valence-corrected chi connectivity index (χ3v) is 17.4. The summed E-state index contributed by atoms with van der Waals surface area (Å²) in [5.74, 6) is 7.22. The lowest BCUT2D eigenvalue weighted by molar-refractivity contribution is -0.192. The zero-order valence-corrected chi connectivity index (χ0v) is 50.7. The summed E-state index contributed by atoms with van der Waals surface area (Å²) in [4.78, 5) is 42.9. The molecule has 13 rings (SSSR count). The number of carbonyl (C=O) groups is 2. The molecular weight excluding hydrogens is 1120 g/mol. The number of ether oxygens (including phenoxy) is 4. The van der Waals surface area contributed by atoms with Crippen molar-refractivity contribution in [3.8, 4) is 39.1 Å². The minimum absolute atomic E-state index is 0. The molecule has 1 aliphatic carbocycles. The number of rotatable bonds is 14. The zero-order valence-electron chi connectivity index (χ0n) is 49.1. The molecule has 19 nitrogen and oxygen atoms in total. The van der Waals surface area contributed by atoms with Gasteiger partial charge >= 0.3 is 6.01 Å². The normalized spacial score (nSPS) is 19.4. The largest absolute Gasteiger partial charge is 0.489 e. The number of halogens is 2. The van der Waals surface area contributed by atoms with E-state index in [2.05, 4.69) is 63.6 Å². The van der Waals surface area contributed by atoms with Crippen molar-refractivity contribution in [1.82, 2.24) is 45.7 Å². The molecule has 1 spiro atoms. The number of piperazine rings is 1. The van der Waals surface area contributed by atoms with E-state index >= 15 is 4.39 Å². The molecule has 3 aromatic heterocycles. The van der Waals surface area contributed by atoms with Crippen LogP contribution in [0.2, 0.25) is 5.02 Å². The zero-order chi connectivity index (χ0) is 59.8. The van der Waals surface area contributed by atoms with Gasteiger partial charge in [-0.15, -0.1) is 11.3 Å². The van der Waals surface area contributed by atoms with E-state index in [1.54, 1.807) is 30.7 Å². The number of nitrogens with one attached hydrogen (secondary N) is 3. The van der Waals surface area contributed by atoms with Crippen molar-refractivity contribution in [2.45, 2.75) is 138 Å². The van der Waals surface area contributed by atoms with Crippen LogP contribution in [-0.4, -0.2) is 129 Å². The Morgan fingerprint density at radius 3 is 2.44 bits per heavy atom. The molecule has 456 valence electrons. The summed E-state index contributed by atoms with van der Waals surface area (Å²) in [6.07, 6.45) is 9.82. The second kappa shape index (κ2) is 28.4. The molecule has 5 aliphatic heterocycles. The number of nitrogens with zero attached hydrogens (tertiary/aromatic N) is 7. The molecule has 0 radical (unpaired) electrons. The SMILES string of the molecule is C.CC.CCC.CO.Cc1c(F)cc2[nH]ncc2c1-c1c(Cl)c2c3c(nc(OC4CC5(COC5)C4)nc3c1OCc1ccc(/C(N)=C/N(N)CC(=O)N3CCCC3C)cc1)N1C3CNC(C3)C1CO2.Cc1ncsc1-c1ccc(CNC=O)cc1. The summed E-state index contributed by atoms with van der Waals surface area (Å²) in [5, 5.41) is 23.4. The Labute approximate surface area is 506 Å². The molecule has 5 fully saturated rings. The van der Waals surface area contributed by atoms with E-state index in [0.29, 0.717) is 81.1 Å². The van der Waals surface area contributed by atoms with E-state index < -0.39 is 5.82 Å². The molecule has 2 amide bonds. The number of thiazole rings is 1. The highest BCUT2D eigenvalue weighted by molar-refractivity contribution is 7.13. The summed E-state index contributed by atoms with van der Waals surface area (Å²) in [7, 11) is 1.00. The van der Waals surface area contributed by atoms with Gasteiger partial charge in [-0.1, -0.05) is 102 Å². The third-order valence-electron chi connectivity index (χ3n) is 16.1. The van der Waals surface area contributed by atoms with Gasteiger partial charge in [-0.25, -0.2) is 15.2 Å². The van der Waals surface area contributed by atoms with E-state index in [4.69, 9.17) is 57.2 Å². The van der Waals surface area contributed by atoms with Gasteiger partial charge in [0.25, 0.3) is 0 Å². The topological polar surface area (TPSA) is 244 Å². The Kier molecular flexibility index (Phi) is 21.3. The number of fused-ring (bicyclic) bond motifs is 7. The molecule has 4 saturated heterocycles. The molecule has 7 aromatic rings. The molecule has 4 aromatic carbocycles. The number of benzene rings is 4. The average Bonchev–Trinajstić information content (AvgIpc) is 1.73. The molecule has 22 heteroatoms. The average molecular weight is 1210 g/mol. The molecule has 85 heavy (non-hydrogen) atoms. The number of aliphatic hydroxyl groups excluding tert-OH is 1. The number of carbonyl (C=O) groups excluding carboxylic acids is 2. The molecular formula is C63H82ClFN12O7S. The van der Waals surface area contributed by atoms with Crippen molar-refractivity contribution in [3.63, 3.8) is 0 Å². The molecule has 1 saturated carbocycles. The maximum atomic E-state index is 15.9. The molecule has 4 atom stereocenters. The Hall–Kier alpha value is -7.14. The highest BCUT2D eigenvalue weighted by Crippen LogP contribution is 2.56. The number of aromatic nitrogens is 5. The molecule has 6 aliphatic rings. The van der Waals surface area contributed by atoms with Crippen molar-refractivity contribution >= 4 is 68.6 Å². The van der Waals surface area contributed by atoms with E-state index in [-0.39, 0.29) is 73.2 Å². The summed E-state index contributed by atoms with van der Waals surface area (Å²) >= 11 is 9.20. The number of H-pyrrole nitrogens is 1.